The number of nitrogens with zero attached hydrogens (tertiary/aromatic N) is 2. The van der Waals surface area contributed by atoms with Gasteiger partial charge in [0.05, 0.1) is 5.52 Å². The minimum atomic E-state index is -0.337. The van der Waals surface area contributed by atoms with Gasteiger partial charge < -0.3 is 10.2 Å². The molecule has 0 radical (unpaired) electrons. The topological polar surface area (TPSA) is 78.1 Å². The lowest BCUT2D eigenvalue weighted by atomic mass is 9.96. The summed E-state index contributed by atoms with van der Waals surface area (Å²) in [5.74, 6) is 0.243. The van der Waals surface area contributed by atoms with Crippen LogP contribution in [0.3, 0.4) is 0 Å². The fourth-order valence-corrected chi connectivity index (χ4v) is 4.72. The highest BCUT2D eigenvalue weighted by Crippen LogP contribution is 2.33. The van der Waals surface area contributed by atoms with E-state index in [0.717, 1.165) is 19.4 Å². The lowest BCUT2D eigenvalue weighted by Gasteiger charge is -2.31. The predicted octanol–water partition coefficient (Wildman–Crippen LogP) is 3.92. The highest BCUT2D eigenvalue weighted by Gasteiger charge is 2.26. The maximum atomic E-state index is 14.3. The van der Waals surface area contributed by atoms with Crippen LogP contribution >= 0.6 is 11.3 Å². The fourth-order valence-electron chi connectivity index (χ4n) is 3.82. The summed E-state index contributed by atoms with van der Waals surface area (Å²) in [5, 5.41) is 4.78. The van der Waals surface area contributed by atoms with Crippen molar-refractivity contribution >= 4 is 33.4 Å². The molecular weight excluding hydrogens is 403 g/mol. The molecule has 0 atom stereocenters. The normalized spacial score (nSPS) is 14.9. The van der Waals surface area contributed by atoms with E-state index in [0.29, 0.717) is 53.2 Å². The molecule has 0 unspecified atom stereocenters. The SMILES string of the molecule is CCCCNC(=O)C1CCN(c2nc3c(-c4ccccc4F)csc3c(=O)[nH]2)CC1. The van der Waals surface area contributed by atoms with Crippen molar-refractivity contribution in [3.05, 3.63) is 45.8 Å². The van der Waals surface area contributed by atoms with Gasteiger partial charge >= 0.3 is 0 Å². The summed E-state index contributed by atoms with van der Waals surface area (Å²) < 4.78 is 14.8. The van der Waals surface area contributed by atoms with Gasteiger partial charge in [-0.25, -0.2) is 9.37 Å². The second-order valence-electron chi connectivity index (χ2n) is 7.60. The Kier molecular flexibility index (Phi) is 6.13. The zero-order chi connectivity index (χ0) is 21.1. The highest BCUT2D eigenvalue weighted by molar-refractivity contribution is 7.17. The third kappa shape index (κ3) is 4.09. The van der Waals surface area contributed by atoms with E-state index in [1.807, 2.05) is 4.90 Å². The maximum Gasteiger partial charge on any atom is 0.270 e. The van der Waals surface area contributed by atoms with Crippen molar-refractivity contribution in [1.82, 2.24) is 15.3 Å². The molecule has 4 rings (SSSR count). The van der Waals surface area contributed by atoms with Crippen LogP contribution in [0.25, 0.3) is 21.3 Å². The Hall–Kier alpha value is -2.74. The Labute approximate surface area is 178 Å². The number of carbonyl (C=O) groups is 1. The highest BCUT2D eigenvalue weighted by atomic mass is 32.1. The van der Waals surface area contributed by atoms with Gasteiger partial charge in [-0.1, -0.05) is 31.5 Å². The van der Waals surface area contributed by atoms with Crippen molar-refractivity contribution in [1.29, 1.82) is 0 Å². The smallest absolute Gasteiger partial charge is 0.270 e. The summed E-state index contributed by atoms with van der Waals surface area (Å²) in [7, 11) is 0. The van der Waals surface area contributed by atoms with Crippen LogP contribution in [0, 0.1) is 11.7 Å². The molecule has 1 amide bonds. The van der Waals surface area contributed by atoms with Gasteiger partial charge in [-0.15, -0.1) is 11.3 Å². The molecule has 6 nitrogen and oxygen atoms in total. The third-order valence-corrected chi connectivity index (χ3v) is 6.54. The summed E-state index contributed by atoms with van der Waals surface area (Å²) in [5.41, 5.74) is 1.37. The van der Waals surface area contributed by atoms with E-state index in [1.54, 1.807) is 23.6 Å². The molecule has 8 heteroatoms. The summed E-state index contributed by atoms with van der Waals surface area (Å²) in [6.45, 7) is 4.09. The standard InChI is InChI=1S/C22H25FN4O2S/c1-2-3-10-24-20(28)14-8-11-27(12-9-14)22-25-18-16(13-30-19(18)21(29)26-22)15-6-4-5-7-17(15)23/h4-7,13-14H,2-3,8-12H2,1H3,(H,24,28)(H,25,26,29). The van der Waals surface area contributed by atoms with Crippen molar-refractivity contribution in [3.63, 3.8) is 0 Å². The minimum absolute atomic E-state index is 0.0105. The summed E-state index contributed by atoms with van der Waals surface area (Å²) in [4.78, 5) is 34.5. The molecule has 0 saturated carbocycles. The first-order chi connectivity index (χ1) is 14.6. The number of unbranched alkanes of at least 4 members (excludes halogenated alkanes) is 1. The Morgan fingerprint density at radius 1 is 1.30 bits per heavy atom. The van der Waals surface area contributed by atoms with Crippen LogP contribution in [-0.2, 0) is 4.79 Å². The molecule has 1 aliphatic heterocycles. The molecule has 1 fully saturated rings. The molecule has 2 aromatic heterocycles. The number of carbonyl (C=O) groups excluding carboxylic acids is 1. The van der Waals surface area contributed by atoms with Crippen LogP contribution in [0.15, 0.2) is 34.4 Å². The van der Waals surface area contributed by atoms with Gasteiger partial charge in [-0.05, 0) is 25.3 Å². The lowest BCUT2D eigenvalue weighted by molar-refractivity contribution is -0.125. The van der Waals surface area contributed by atoms with Gasteiger partial charge in [0.25, 0.3) is 5.56 Å². The first-order valence-electron chi connectivity index (χ1n) is 10.4. The zero-order valence-corrected chi connectivity index (χ0v) is 17.7. The van der Waals surface area contributed by atoms with E-state index in [-0.39, 0.29) is 23.2 Å². The molecule has 0 bridgehead atoms. The lowest BCUT2D eigenvalue weighted by Crippen LogP contribution is -2.41. The van der Waals surface area contributed by atoms with Crippen molar-refractivity contribution < 1.29 is 9.18 Å². The number of thiophene rings is 1. The Bertz CT molecular complexity index is 1100. The number of halogens is 1. The molecule has 158 valence electrons. The molecule has 30 heavy (non-hydrogen) atoms. The summed E-state index contributed by atoms with van der Waals surface area (Å²) in [6.07, 6.45) is 3.46. The number of aromatic nitrogens is 2. The molecular formula is C22H25FN4O2S. The molecule has 0 aliphatic carbocycles. The third-order valence-electron chi connectivity index (χ3n) is 5.57. The van der Waals surface area contributed by atoms with Gasteiger partial charge in [0.15, 0.2) is 0 Å². The van der Waals surface area contributed by atoms with Gasteiger partial charge in [-0.3, -0.25) is 14.6 Å². The van der Waals surface area contributed by atoms with Gasteiger partial charge in [0, 0.05) is 42.1 Å². The number of hydrogen-bond acceptors (Lipinski definition) is 5. The van der Waals surface area contributed by atoms with Crippen molar-refractivity contribution in [3.8, 4) is 11.1 Å². The first kappa shape index (κ1) is 20.5. The number of amides is 1. The van der Waals surface area contributed by atoms with E-state index in [9.17, 15) is 14.0 Å². The number of rotatable bonds is 6. The molecule has 1 aliphatic rings. The Morgan fingerprint density at radius 3 is 2.80 bits per heavy atom. The van der Waals surface area contributed by atoms with E-state index in [1.165, 1.54) is 17.4 Å². The van der Waals surface area contributed by atoms with Crippen LogP contribution in [0.1, 0.15) is 32.6 Å². The summed E-state index contributed by atoms with van der Waals surface area (Å²) >= 11 is 1.27. The number of nitrogens with one attached hydrogen (secondary N) is 2. The van der Waals surface area contributed by atoms with Crippen LogP contribution in [-0.4, -0.2) is 35.5 Å². The van der Waals surface area contributed by atoms with Crippen molar-refractivity contribution in [2.24, 2.45) is 5.92 Å². The van der Waals surface area contributed by atoms with Gasteiger partial charge in [0.1, 0.15) is 10.5 Å². The van der Waals surface area contributed by atoms with Crippen molar-refractivity contribution in [2.45, 2.75) is 32.6 Å². The molecule has 3 heterocycles. The number of H-pyrrole nitrogens is 1. The van der Waals surface area contributed by atoms with Gasteiger partial charge in [0.2, 0.25) is 11.9 Å². The van der Waals surface area contributed by atoms with E-state index in [2.05, 4.69) is 22.2 Å². The average Bonchev–Trinajstić information content (AvgIpc) is 3.19. The number of hydrogen-bond donors (Lipinski definition) is 2. The number of anilines is 1. The largest absolute Gasteiger partial charge is 0.356 e. The van der Waals surface area contributed by atoms with E-state index in [4.69, 9.17) is 0 Å². The number of aromatic amines is 1. The fraction of sp³-hybridized carbons (Fsp3) is 0.409. The molecule has 1 aromatic carbocycles. The predicted molar refractivity (Wildman–Crippen MR) is 118 cm³/mol. The Balaban J connectivity index is 1.55. The van der Waals surface area contributed by atoms with E-state index < -0.39 is 0 Å². The quantitative estimate of drug-likeness (QED) is 0.584. The Morgan fingerprint density at radius 2 is 2.07 bits per heavy atom. The molecule has 2 N–H and O–H groups in total. The first-order valence-corrected chi connectivity index (χ1v) is 11.3. The van der Waals surface area contributed by atoms with Crippen LogP contribution in [0.5, 0.6) is 0 Å². The monoisotopic (exact) mass is 428 g/mol. The average molecular weight is 429 g/mol. The van der Waals surface area contributed by atoms with Crippen molar-refractivity contribution in [2.75, 3.05) is 24.5 Å². The summed E-state index contributed by atoms with van der Waals surface area (Å²) in [6, 6.07) is 6.51. The second kappa shape index (κ2) is 8.95. The molecule has 0 spiro atoms. The maximum absolute atomic E-state index is 14.3. The van der Waals surface area contributed by atoms with Gasteiger partial charge in [-0.2, -0.15) is 0 Å². The van der Waals surface area contributed by atoms with Crippen LogP contribution < -0.4 is 15.8 Å². The van der Waals surface area contributed by atoms with Crippen LogP contribution in [0.4, 0.5) is 10.3 Å². The van der Waals surface area contributed by atoms with Crippen LogP contribution in [0.2, 0.25) is 0 Å². The number of fused-ring (bicyclic) bond motifs is 1. The van der Waals surface area contributed by atoms with E-state index >= 15 is 0 Å². The number of piperidine rings is 1. The zero-order valence-electron chi connectivity index (χ0n) is 16.9. The second-order valence-corrected chi connectivity index (χ2v) is 8.48. The molecule has 3 aromatic rings. The minimum Gasteiger partial charge on any atom is -0.356 e. The number of benzene rings is 1. The molecule has 1 saturated heterocycles.